The highest BCUT2D eigenvalue weighted by Gasteiger charge is 2.35. The van der Waals surface area contributed by atoms with E-state index < -0.39 is 0 Å². The van der Waals surface area contributed by atoms with Gasteiger partial charge in [-0.2, -0.15) is 5.10 Å². The van der Waals surface area contributed by atoms with Crippen molar-refractivity contribution < 1.29 is 23.7 Å². The van der Waals surface area contributed by atoms with Crippen LogP contribution in [0.15, 0.2) is 41.5 Å². The molecule has 0 aliphatic carbocycles. The smallest absolute Gasteiger partial charge is 0.242 e. The molecule has 0 saturated heterocycles. The molecule has 3 rings (SSSR count). The lowest BCUT2D eigenvalue weighted by Gasteiger charge is -2.23. The number of hydrogen-bond donors (Lipinski definition) is 0. The molecule has 2 aromatic carbocycles. The highest BCUT2D eigenvalue weighted by molar-refractivity contribution is 6.05. The Bertz CT molecular complexity index is 925. The number of carbonyl (C=O) groups excluding carboxylic acids is 1. The fourth-order valence-corrected chi connectivity index (χ4v) is 3.44. The molecular formula is C22H26N2O5. The second kappa shape index (κ2) is 8.86. The van der Waals surface area contributed by atoms with Crippen LogP contribution < -0.4 is 18.9 Å². The average Bonchev–Trinajstić information content (AvgIpc) is 3.22. The zero-order valence-electron chi connectivity index (χ0n) is 17.4. The van der Waals surface area contributed by atoms with Crippen LogP contribution in [0.1, 0.15) is 36.9 Å². The summed E-state index contributed by atoms with van der Waals surface area (Å²) in [5.41, 5.74) is 2.44. The van der Waals surface area contributed by atoms with Gasteiger partial charge in [0.05, 0.1) is 40.2 Å². The molecule has 1 aliphatic rings. The fraction of sp³-hybridized carbons (Fsp3) is 0.364. The van der Waals surface area contributed by atoms with Crippen molar-refractivity contribution in [2.75, 3.05) is 28.4 Å². The monoisotopic (exact) mass is 398 g/mol. The Hall–Kier alpha value is -3.22. The molecule has 1 unspecified atom stereocenters. The van der Waals surface area contributed by atoms with Gasteiger partial charge in [0.15, 0.2) is 0 Å². The highest BCUT2D eigenvalue weighted by atomic mass is 16.5. The van der Waals surface area contributed by atoms with Crippen LogP contribution in [0.2, 0.25) is 0 Å². The van der Waals surface area contributed by atoms with Crippen LogP contribution in [0.3, 0.4) is 0 Å². The Morgan fingerprint density at radius 2 is 1.62 bits per heavy atom. The van der Waals surface area contributed by atoms with Crippen molar-refractivity contribution in [3.05, 3.63) is 47.5 Å². The highest BCUT2D eigenvalue weighted by Crippen LogP contribution is 2.41. The van der Waals surface area contributed by atoms with Gasteiger partial charge in [-0.3, -0.25) is 4.79 Å². The predicted molar refractivity (Wildman–Crippen MR) is 110 cm³/mol. The molecule has 0 radical (unpaired) electrons. The van der Waals surface area contributed by atoms with Gasteiger partial charge >= 0.3 is 0 Å². The lowest BCUT2D eigenvalue weighted by molar-refractivity contribution is -0.132. The van der Waals surface area contributed by atoms with Gasteiger partial charge in [-0.05, 0) is 30.3 Å². The summed E-state index contributed by atoms with van der Waals surface area (Å²) in [7, 11) is 6.43. The summed E-state index contributed by atoms with van der Waals surface area (Å²) in [6.45, 7) is 1.82. The molecule has 0 fully saturated rings. The summed E-state index contributed by atoms with van der Waals surface area (Å²) in [5.74, 6) is 2.65. The van der Waals surface area contributed by atoms with Crippen molar-refractivity contribution in [2.45, 2.75) is 25.8 Å². The first kappa shape index (κ1) is 20.5. The van der Waals surface area contributed by atoms with E-state index in [1.165, 1.54) is 5.01 Å². The van der Waals surface area contributed by atoms with E-state index in [1.54, 1.807) is 28.4 Å². The minimum absolute atomic E-state index is 0.0673. The van der Waals surface area contributed by atoms with Gasteiger partial charge in [-0.25, -0.2) is 5.01 Å². The number of nitrogens with zero attached hydrogens (tertiary/aromatic N) is 2. The van der Waals surface area contributed by atoms with E-state index in [9.17, 15) is 4.79 Å². The predicted octanol–water partition coefficient (Wildman–Crippen LogP) is 3.81. The Morgan fingerprint density at radius 1 is 0.966 bits per heavy atom. The minimum atomic E-state index is -0.297. The third-order valence-electron chi connectivity index (χ3n) is 4.98. The zero-order chi connectivity index (χ0) is 21.0. The normalized spacial score (nSPS) is 15.7. The van der Waals surface area contributed by atoms with E-state index in [2.05, 4.69) is 5.10 Å². The van der Waals surface area contributed by atoms with Crippen LogP contribution in [-0.4, -0.2) is 45.1 Å². The van der Waals surface area contributed by atoms with E-state index in [0.29, 0.717) is 35.8 Å². The van der Waals surface area contributed by atoms with Gasteiger partial charge in [0.2, 0.25) is 5.91 Å². The Labute approximate surface area is 170 Å². The van der Waals surface area contributed by atoms with Crippen LogP contribution in [-0.2, 0) is 4.79 Å². The van der Waals surface area contributed by atoms with Crippen LogP contribution in [0.4, 0.5) is 0 Å². The van der Waals surface area contributed by atoms with Crippen molar-refractivity contribution in [1.82, 2.24) is 5.01 Å². The number of amides is 1. The molecule has 1 aliphatic heterocycles. The molecule has 1 amide bonds. The summed E-state index contributed by atoms with van der Waals surface area (Å²) in [6, 6.07) is 10.8. The maximum atomic E-state index is 12.7. The number of carbonyl (C=O) groups is 1. The first-order chi connectivity index (χ1) is 14.1. The Morgan fingerprint density at radius 3 is 2.24 bits per heavy atom. The molecule has 1 atom stereocenters. The summed E-state index contributed by atoms with van der Waals surface area (Å²) in [6.07, 6.45) is 0.872. The van der Waals surface area contributed by atoms with Crippen molar-refractivity contribution >= 4 is 11.6 Å². The van der Waals surface area contributed by atoms with E-state index in [0.717, 1.165) is 16.8 Å². The molecule has 2 aromatic rings. The first-order valence-corrected chi connectivity index (χ1v) is 9.40. The number of hydrazone groups is 1. The molecular weight excluding hydrogens is 372 g/mol. The fourth-order valence-electron chi connectivity index (χ4n) is 3.44. The third-order valence-corrected chi connectivity index (χ3v) is 4.98. The largest absolute Gasteiger partial charge is 0.497 e. The van der Waals surface area contributed by atoms with Crippen molar-refractivity contribution in [2.24, 2.45) is 5.10 Å². The number of benzene rings is 2. The van der Waals surface area contributed by atoms with Crippen molar-refractivity contribution in [3.8, 4) is 23.0 Å². The van der Waals surface area contributed by atoms with Crippen LogP contribution in [0, 0.1) is 0 Å². The summed E-state index contributed by atoms with van der Waals surface area (Å²) in [5, 5.41) is 6.20. The SMILES string of the molecule is CCC(=O)N1N=C(c2ccc(OC)cc2OC)CC1c1cc(OC)ccc1OC. The lowest BCUT2D eigenvalue weighted by Crippen LogP contribution is -2.26. The molecule has 29 heavy (non-hydrogen) atoms. The van der Waals surface area contributed by atoms with Crippen molar-refractivity contribution in [1.29, 1.82) is 0 Å². The first-order valence-electron chi connectivity index (χ1n) is 9.40. The maximum Gasteiger partial charge on any atom is 0.242 e. The van der Waals surface area contributed by atoms with Crippen LogP contribution in [0.5, 0.6) is 23.0 Å². The van der Waals surface area contributed by atoms with Gasteiger partial charge < -0.3 is 18.9 Å². The molecule has 1 heterocycles. The second-order valence-corrected chi connectivity index (χ2v) is 6.53. The summed E-state index contributed by atoms with van der Waals surface area (Å²) < 4.78 is 21.7. The molecule has 7 nitrogen and oxygen atoms in total. The van der Waals surface area contributed by atoms with E-state index in [-0.39, 0.29) is 11.9 Å². The standard InChI is InChI=1S/C22H26N2O5/c1-6-22(25)24-19(17-11-14(26-2)8-10-20(17)28-4)13-18(23-24)16-9-7-15(27-3)12-21(16)29-5/h7-12,19H,6,13H2,1-5H3. The molecule has 0 aromatic heterocycles. The molecule has 0 bridgehead atoms. The van der Waals surface area contributed by atoms with Crippen LogP contribution in [0.25, 0.3) is 0 Å². The lowest BCUT2D eigenvalue weighted by atomic mass is 9.96. The summed E-state index contributed by atoms with van der Waals surface area (Å²) >= 11 is 0. The summed E-state index contributed by atoms with van der Waals surface area (Å²) in [4.78, 5) is 12.7. The number of rotatable bonds is 7. The number of methoxy groups -OCH3 is 4. The minimum Gasteiger partial charge on any atom is -0.497 e. The van der Waals surface area contributed by atoms with E-state index >= 15 is 0 Å². The van der Waals surface area contributed by atoms with Gasteiger partial charge in [0.25, 0.3) is 0 Å². The topological polar surface area (TPSA) is 69.6 Å². The quantitative estimate of drug-likeness (QED) is 0.709. The average molecular weight is 398 g/mol. The zero-order valence-corrected chi connectivity index (χ0v) is 17.4. The molecule has 154 valence electrons. The molecule has 0 spiro atoms. The molecule has 0 N–H and O–H groups in total. The van der Waals surface area contributed by atoms with Gasteiger partial charge in [-0.1, -0.05) is 6.92 Å². The molecule has 0 saturated carbocycles. The van der Waals surface area contributed by atoms with E-state index in [4.69, 9.17) is 18.9 Å². The Balaban J connectivity index is 2.06. The van der Waals surface area contributed by atoms with Gasteiger partial charge in [-0.15, -0.1) is 0 Å². The third kappa shape index (κ3) is 3.99. The van der Waals surface area contributed by atoms with Gasteiger partial charge in [0, 0.05) is 30.0 Å². The van der Waals surface area contributed by atoms with Gasteiger partial charge in [0.1, 0.15) is 23.0 Å². The van der Waals surface area contributed by atoms with E-state index in [1.807, 2.05) is 43.3 Å². The molecule has 7 heteroatoms. The maximum absolute atomic E-state index is 12.7. The van der Waals surface area contributed by atoms with Crippen molar-refractivity contribution in [3.63, 3.8) is 0 Å². The number of ether oxygens (including phenoxy) is 4. The second-order valence-electron chi connectivity index (χ2n) is 6.53. The van der Waals surface area contributed by atoms with Crippen LogP contribution >= 0.6 is 0 Å². The Kier molecular flexibility index (Phi) is 6.26. The number of hydrogen-bond acceptors (Lipinski definition) is 6.